The minimum absolute atomic E-state index is 0.0533. The van der Waals surface area contributed by atoms with Gasteiger partial charge in [-0.1, -0.05) is 54.7 Å². The normalized spacial score (nSPS) is 12.3. The number of rotatable bonds is 12. The van der Waals surface area contributed by atoms with Gasteiger partial charge in [-0.05, 0) is 79.4 Å². The smallest absolute Gasteiger partial charge is 0.262 e. The molecule has 212 valence electrons. The van der Waals surface area contributed by atoms with Crippen LogP contribution in [0.5, 0.6) is 5.75 Å². The maximum absolute atomic E-state index is 12.8. The van der Waals surface area contributed by atoms with E-state index in [1.54, 1.807) is 54.6 Å². The summed E-state index contributed by atoms with van der Waals surface area (Å²) in [5.41, 5.74) is 4.36. The van der Waals surface area contributed by atoms with Crippen LogP contribution in [0.2, 0.25) is 10.0 Å². The lowest BCUT2D eigenvalue weighted by atomic mass is 10.0. The lowest BCUT2D eigenvalue weighted by molar-refractivity contribution is -0.123. The fourth-order valence-corrected chi connectivity index (χ4v) is 5.02. The van der Waals surface area contributed by atoms with Crippen LogP contribution in [0.25, 0.3) is 0 Å². The van der Waals surface area contributed by atoms with Crippen LogP contribution in [0.3, 0.4) is 0 Å². The molecule has 0 heterocycles. The molecule has 0 saturated carbocycles. The molecule has 0 aromatic heterocycles. The van der Waals surface area contributed by atoms with Gasteiger partial charge in [0.25, 0.3) is 11.8 Å². The van der Waals surface area contributed by atoms with Gasteiger partial charge in [-0.15, -0.1) is 0 Å². The van der Waals surface area contributed by atoms with E-state index >= 15 is 0 Å². The van der Waals surface area contributed by atoms with Crippen molar-refractivity contribution in [3.63, 3.8) is 0 Å². The van der Waals surface area contributed by atoms with Crippen LogP contribution >= 0.6 is 23.2 Å². The van der Waals surface area contributed by atoms with Gasteiger partial charge in [0.15, 0.2) is 6.61 Å². The zero-order valence-corrected chi connectivity index (χ0v) is 24.5. The molecular formula is C28H30Cl2N4O5S. The molecule has 0 saturated heterocycles. The van der Waals surface area contributed by atoms with Crippen LogP contribution in [0.15, 0.2) is 76.7 Å². The van der Waals surface area contributed by atoms with Crippen molar-refractivity contribution in [3.05, 3.63) is 87.9 Å². The highest BCUT2D eigenvalue weighted by Crippen LogP contribution is 2.25. The summed E-state index contributed by atoms with van der Waals surface area (Å²) in [4.78, 5) is 25.0. The molecule has 3 aromatic carbocycles. The third-order valence-corrected chi connectivity index (χ3v) is 7.55. The molecule has 40 heavy (non-hydrogen) atoms. The first-order valence-electron chi connectivity index (χ1n) is 12.3. The van der Waals surface area contributed by atoms with Crippen molar-refractivity contribution in [2.24, 2.45) is 11.0 Å². The Balaban J connectivity index is 1.54. The number of halogens is 2. The van der Waals surface area contributed by atoms with Gasteiger partial charge in [0, 0.05) is 5.02 Å². The summed E-state index contributed by atoms with van der Waals surface area (Å²) in [6.07, 6.45) is 1.70. The Morgan fingerprint density at radius 2 is 1.68 bits per heavy atom. The van der Waals surface area contributed by atoms with Crippen molar-refractivity contribution < 1.29 is 22.7 Å². The fourth-order valence-electron chi connectivity index (χ4n) is 3.48. The second kappa shape index (κ2) is 14.3. The Labute approximate surface area is 244 Å². The second-order valence-corrected chi connectivity index (χ2v) is 11.9. The first-order chi connectivity index (χ1) is 18.9. The van der Waals surface area contributed by atoms with Crippen molar-refractivity contribution in [2.75, 3.05) is 11.9 Å². The zero-order chi connectivity index (χ0) is 29.3. The van der Waals surface area contributed by atoms with E-state index in [2.05, 4.69) is 20.6 Å². The summed E-state index contributed by atoms with van der Waals surface area (Å²) in [7, 11) is -3.90. The fraction of sp³-hybridized carbons (Fsp3) is 0.250. The van der Waals surface area contributed by atoms with Crippen LogP contribution in [-0.2, 0) is 19.6 Å². The number of sulfonamides is 1. The topological polar surface area (TPSA) is 126 Å². The number of benzene rings is 3. The van der Waals surface area contributed by atoms with Crippen molar-refractivity contribution in [3.8, 4) is 5.75 Å². The number of carbonyl (C=O) groups is 2. The Bertz CT molecular complexity index is 1460. The first-order valence-corrected chi connectivity index (χ1v) is 14.6. The highest BCUT2D eigenvalue weighted by molar-refractivity contribution is 7.89. The monoisotopic (exact) mass is 604 g/mol. The van der Waals surface area contributed by atoms with Crippen molar-refractivity contribution in [2.45, 2.75) is 38.1 Å². The summed E-state index contributed by atoms with van der Waals surface area (Å²) in [5, 5.41) is 7.39. The quantitative estimate of drug-likeness (QED) is 0.194. The first kappa shape index (κ1) is 31.1. The molecule has 0 aliphatic rings. The van der Waals surface area contributed by atoms with Crippen molar-refractivity contribution in [1.29, 1.82) is 0 Å². The number of hydrogen-bond donors (Lipinski definition) is 3. The van der Waals surface area contributed by atoms with Gasteiger partial charge in [0.05, 0.1) is 21.8 Å². The van der Waals surface area contributed by atoms with E-state index in [0.29, 0.717) is 27.0 Å². The molecule has 12 heteroatoms. The number of amides is 2. The van der Waals surface area contributed by atoms with E-state index in [9.17, 15) is 18.0 Å². The number of nitrogens with one attached hydrogen (secondary N) is 3. The van der Waals surface area contributed by atoms with Crippen LogP contribution in [0.1, 0.15) is 31.4 Å². The molecule has 0 bridgehead atoms. The summed E-state index contributed by atoms with van der Waals surface area (Å²) < 4.78 is 33.6. The lowest BCUT2D eigenvalue weighted by Crippen LogP contribution is -2.46. The Morgan fingerprint density at radius 1 is 1.00 bits per heavy atom. The molecule has 0 fully saturated rings. The van der Waals surface area contributed by atoms with Crippen LogP contribution in [0, 0.1) is 12.8 Å². The number of hydrogen-bond acceptors (Lipinski definition) is 6. The van der Waals surface area contributed by atoms with Gasteiger partial charge in [0.2, 0.25) is 10.0 Å². The van der Waals surface area contributed by atoms with Gasteiger partial charge < -0.3 is 10.1 Å². The average molecular weight is 606 g/mol. The van der Waals surface area contributed by atoms with E-state index < -0.39 is 27.9 Å². The molecule has 1 atom stereocenters. The molecule has 9 nitrogen and oxygen atoms in total. The molecule has 0 aliphatic heterocycles. The molecule has 3 rings (SSSR count). The predicted molar refractivity (Wildman–Crippen MR) is 158 cm³/mol. The van der Waals surface area contributed by atoms with Crippen molar-refractivity contribution >= 4 is 56.9 Å². The largest absolute Gasteiger partial charge is 0.484 e. The van der Waals surface area contributed by atoms with E-state index in [1.165, 1.54) is 18.3 Å². The van der Waals surface area contributed by atoms with Crippen molar-refractivity contribution in [1.82, 2.24) is 10.1 Å². The Kier molecular flexibility index (Phi) is 11.1. The maximum Gasteiger partial charge on any atom is 0.262 e. The van der Waals surface area contributed by atoms with E-state index in [4.69, 9.17) is 27.9 Å². The molecule has 0 radical (unpaired) electrons. The van der Waals surface area contributed by atoms with Crippen LogP contribution in [-0.4, -0.2) is 39.1 Å². The summed E-state index contributed by atoms with van der Waals surface area (Å²) in [6, 6.07) is 16.7. The van der Waals surface area contributed by atoms with Gasteiger partial charge in [-0.3, -0.25) is 9.59 Å². The van der Waals surface area contributed by atoms with E-state index in [0.717, 1.165) is 5.56 Å². The summed E-state index contributed by atoms with van der Waals surface area (Å²) >= 11 is 12.0. The van der Waals surface area contributed by atoms with Gasteiger partial charge >= 0.3 is 0 Å². The average Bonchev–Trinajstić information content (AvgIpc) is 2.89. The van der Waals surface area contributed by atoms with Crippen LogP contribution in [0.4, 0.5) is 5.69 Å². The number of aryl methyl sites for hydroxylation is 1. The number of hydrazone groups is 1. The molecule has 0 aliphatic carbocycles. The Morgan fingerprint density at radius 3 is 2.33 bits per heavy atom. The van der Waals surface area contributed by atoms with Gasteiger partial charge in [0.1, 0.15) is 11.8 Å². The number of nitrogens with zero attached hydrogens (tertiary/aromatic N) is 1. The number of ether oxygens (including phenoxy) is 1. The minimum atomic E-state index is -3.90. The van der Waals surface area contributed by atoms with Gasteiger partial charge in [-0.25, -0.2) is 13.8 Å². The van der Waals surface area contributed by atoms with E-state index in [-0.39, 0.29) is 23.8 Å². The zero-order valence-electron chi connectivity index (χ0n) is 22.1. The summed E-state index contributed by atoms with van der Waals surface area (Å²) in [5.74, 6) is -0.494. The van der Waals surface area contributed by atoms with E-state index in [1.807, 2.05) is 20.8 Å². The lowest BCUT2D eigenvalue weighted by Gasteiger charge is -2.19. The summed E-state index contributed by atoms with van der Waals surface area (Å²) in [6.45, 7) is 5.39. The molecule has 3 N–H and O–H groups in total. The minimum Gasteiger partial charge on any atom is -0.484 e. The van der Waals surface area contributed by atoms with Gasteiger partial charge in [-0.2, -0.15) is 9.82 Å². The molecule has 3 aromatic rings. The third-order valence-electron chi connectivity index (χ3n) is 5.49. The predicted octanol–water partition coefficient (Wildman–Crippen LogP) is 5.16. The number of carbonyl (C=O) groups excluding carboxylic acids is 2. The Hall–Kier alpha value is -3.44. The molecular weight excluding hydrogens is 575 g/mol. The number of anilines is 1. The highest BCUT2D eigenvalue weighted by Gasteiger charge is 2.26. The second-order valence-electron chi connectivity index (χ2n) is 9.38. The maximum atomic E-state index is 12.8. The molecule has 0 unspecified atom stereocenters. The molecule has 0 spiro atoms. The van der Waals surface area contributed by atoms with Crippen LogP contribution < -0.4 is 20.2 Å². The standard InChI is InChI=1S/C28H30Cl2N4O5S/c1-18(2)14-26(34-40(37,38)23-11-4-19(3)5-12-23)28(36)33-31-16-20-6-9-22(10-7-20)39-17-27(35)32-25-15-21(29)8-13-24(25)30/h4-13,15-16,18,26,34H,14,17H2,1-3H3,(H,32,35)(H,33,36)/b31-16-/t26-/m1/s1. The SMILES string of the molecule is Cc1ccc(S(=O)(=O)N[C@H](CC(C)C)C(=O)N/N=C\c2ccc(OCC(=O)Nc3cc(Cl)ccc3Cl)cc2)cc1. The molecule has 2 amide bonds. The highest BCUT2D eigenvalue weighted by atomic mass is 35.5. The third kappa shape index (κ3) is 9.63.